The smallest absolute Gasteiger partial charge is 0.233 e. The molecule has 0 aliphatic carbocycles. The molecule has 3 rings (SSSR count). The fourth-order valence-corrected chi connectivity index (χ4v) is 4.31. The third kappa shape index (κ3) is 6.80. The Morgan fingerprint density at radius 3 is 2.44 bits per heavy atom. The lowest BCUT2D eigenvalue weighted by Gasteiger charge is -2.35. The van der Waals surface area contributed by atoms with E-state index in [0.717, 1.165) is 70.2 Å². The van der Waals surface area contributed by atoms with Crippen molar-refractivity contribution in [3.05, 3.63) is 29.6 Å². The first kappa shape index (κ1) is 24.3. The minimum atomic E-state index is -0.166. The normalized spacial score (nSPS) is 19.1. The first-order chi connectivity index (χ1) is 15.5. The maximum Gasteiger partial charge on any atom is 0.233 e. The van der Waals surface area contributed by atoms with E-state index in [1.54, 1.807) is 20.2 Å². The SMILES string of the molecule is CCN1CCN(c2ccc(CNC(=NC)NC3CCN(CC(=O)NC)CC3)cc2F)CC1. The number of piperazine rings is 1. The van der Waals surface area contributed by atoms with Crippen molar-refractivity contribution in [1.29, 1.82) is 0 Å². The van der Waals surface area contributed by atoms with E-state index in [-0.39, 0.29) is 11.7 Å². The van der Waals surface area contributed by atoms with Gasteiger partial charge in [-0.25, -0.2) is 4.39 Å². The molecule has 0 atom stereocenters. The highest BCUT2D eigenvalue weighted by Gasteiger charge is 2.22. The molecule has 1 amide bonds. The Morgan fingerprint density at radius 2 is 1.84 bits per heavy atom. The number of carbonyl (C=O) groups is 1. The zero-order valence-electron chi connectivity index (χ0n) is 19.7. The summed E-state index contributed by atoms with van der Waals surface area (Å²) < 4.78 is 14.8. The van der Waals surface area contributed by atoms with Gasteiger partial charge in [-0.05, 0) is 37.1 Å². The zero-order valence-corrected chi connectivity index (χ0v) is 19.7. The largest absolute Gasteiger partial charge is 0.367 e. The average Bonchev–Trinajstić information content (AvgIpc) is 2.83. The van der Waals surface area contributed by atoms with Crippen molar-refractivity contribution < 1.29 is 9.18 Å². The van der Waals surface area contributed by atoms with Crippen molar-refractivity contribution in [3.8, 4) is 0 Å². The second-order valence-corrected chi connectivity index (χ2v) is 8.50. The minimum absolute atomic E-state index is 0.0513. The summed E-state index contributed by atoms with van der Waals surface area (Å²) in [5, 5.41) is 9.43. The number of nitrogens with one attached hydrogen (secondary N) is 3. The molecular weight excluding hydrogens is 409 g/mol. The quantitative estimate of drug-likeness (QED) is 0.425. The van der Waals surface area contributed by atoms with Crippen LogP contribution in [0.3, 0.4) is 0 Å². The predicted octanol–water partition coefficient (Wildman–Crippen LogP) is 0.843. The lowest BCUT2D eigenvalue weighted by molar-refractivity contribution is -0.122. The summed E-state index contributed by atoms with van der Waals surface area (Å²) in [7, 11) is 3.41. The van der Waals surface area contributed by atoms with Gasteiger partial charge in [-0.15, -0.1) is 0 Å². The van der Waals surface area contributed by atoms with Crippen LogP contribution in [0, 0.1) is 5.82 Å². The summed E-state index contributed by atoms with van der Waals surface area (Å²) in [6.45, 7) is 9.60. The van der Waals surface area contributed by atoms with Crippen LogP contribution in [0.2, 0.25) is 0 Å². The van der Waals surface area contributed by atoms with E-state index in [0.29, 0.717) is 24.8 Å². The summed E-state index contributed by atoms with van der Waals surface area (Å²) in [5.41, 5.74) is 1.58. The van der Waals surface area contributed by atoms with Crippen LogP contribution in [0.1, 0.15) is 25.3 Å². The van der Waals surface area contributed by atoms with Gasteiger partial charge in [0.2, 0.25) is 5.91 Å². The van der Waals surface area contributed by atoms with Crippen LogP contribution < -0.4 is 20.9 Å². The summed E-state index contributed by atoms with van der Waals surface area (Å²) in [6.07, 6.45) is 1.90. The predicted molar refractivity (Wildman–Crippen MR) is 128 cm³/mol. The molecule has 0 radical (unpaired) electrons. The number of halogens is 1. The van der Waals surface area contributed by atoms with Crippen LogP contribution in [0.15, 0.2) is 23.2 Å². The molecule has 0 saturated carbocycles. The molecule has 2 aliphatic rings. The summed E-state index contributed by atoms with van der Waals surface area (Å²) in [4.78, 5) is 22.5. The van der Waals surface area contributed by atoms with Gasteiger partial charge in [0.1, 0.15) is 5.82 Å². The average molecular weight is 448 g/mol. The van der Waals surface area contributed by atoms with Crippen LogP contribution in [0.25, 0.3) is 0 Å². The highest BCUT2D eigenvalue weighted by molar-refractivity contribution is 5.80. The van der Waals surface area contributed by atoms with Gasteiger partial charge in [0, 0.05) is 66.0 Å². The number of rotatable bonds is 7. The number of hydrogen-bond acceptors (Lipinski definition) is 5. The number of carbonyl (C=O) groups excluding carboxylic acids is 1. The monoisotopic (exact) mass is 447 g/mol. The number of guanidine groups is 1. The minimum Gasteiger partial charge on any atom is -0.367 e. The van der Waals surface area contributed by atoms with Gasteiger partial charge in [-0.1, -0.05) is 13.0 Å². The molecule has 9 heteroatoms. The van der Waals surface area contributed by atoms with E-state index in [2.05, 4.69) is 42.6 Å². The van der Waals surface area contributed by atoms with Crippen molar-refractivity contribution in [2.24, 2.45) is 4.99 Å². The number of piperidine rings is 1. The van der Waals surface area contributed by atoms with Crippen molar-refractivity contribution >= 4 is 17.6 Å². The maximum atomic E-state index is 14.8. The highest BCUT2D eigenvalue weighted by atomic mass is 19.1. The summed E-state index contributed by atoms with van der Waals surface area (Å²) >= 11 is 0. The number of amides is 1. The van der Waals surface area contributed by atoms with Crippen molar-refractivity contribution in [1.82, 2.24) is 25.8 Å². The topological polar surface area (TPSA) is 75.2 Å². The molecule has 32 heavy (non-hydrogen) atoms. The van der Waals surface area contributed by atoms with Crippen LogP contribution in [0.4, 0.5) is 10.1 Å². The van der Waals surface area contributed by atoms with Crippen molar-refractivity contribution in [2.45, 2.75) is 32.4 Å². The van der Waals surface area contributed by atoms with Gasteiger partial charge in [-0.3, -0.25) is 14.7 Å². The molecule has 2 fully saturated rings. The van der Waals surface area contributed by atoms with Crippen LogP contribution in [-0.2, 0) is 11.3 Å². The number of nitrogens with zero attached hydrogens (tertiary/aromatic N) is 4. The van der Waals surface area contributed by atoms with Gasteiger partial charge in [0.25, 0.3) is 0 Å². The van der Waals surface area contributed by atoms with Crippen molar-refractivity contribution in [3.63, 3.8) is 0 Å². The lowest BCUT2D eigenvalue weighted by atomic mass is 10.1. The van der Waals surface area contributed by atoms with Crippen LogP contribution in [-0.4, -0.2) is 94.2 Å². The molecule has 0 aromatic heterocycles. The molecular formula is C23H38FN7O. The van der Waals surface area contributed by atoms with Gasteiger partial charge < -0.3 is 25.8 Å². The van der Waals surface area contributed by atoms with E-state index in [1.807, 2.05) is 12.1 Å². The molecule has 0 bridgehead atoms. The van der Waals surface area contributed by atoms with E-state index >= 15 is 0 Å². The van der Waals surface area contributed by atoms with Gasteiger partial charge in [0.05, 0.1) is 12.2 Å². The fourth-order valence-electron chi connectivity index (χ4n) is 4.31. The first-order valence-corrected chi connectivity index (χ1v) is 11.7. The third-order valence-corrected chi connectivity index (χ3v) is 6.43. The molecule has 2 aliphatic heterocycles. The Balaban J connectivity index is 1.45. The number of likely N-dealkylation sites (N-methyl/N-ethyl adjacent to an activating group) is 2. The van der Waals surface area contributed by atoms with E-state index < -0.39 is 0 Å². The number of hydrogen-bond donors (Lipinski definition) is 3. The molecule has 1 aromatic carbocycles. The van der Waals surface area contributed by atoms with Gasteiger partial charge in [-0.2, -0.15) is 0 Å². The van der Waals surface area contributed by atoms with Crippen molar-refractivity contribution in [2.75, 3.05) is 71.4 Å². The second kappa shape index (κ2) is 12.0. The van der Waals surface area contributed by atoms with Crippen LogP contribution >= 0.6 is 0 Å². The number of anilines is 1. The number of aliphatic imine (C=N–C) groups is 1. The molecule has 8 nitrogen and oxygen atoms in total. The maximum absolute atomic E-state index is 14.8. The van der Waals surface area contributed by atoms with Crippen LogP contribution in [0.5, 0.6) is 0 Å². The zero-order chi connectivity index (χ0) is 22.9. The Labute approximate surface area is 191 Å². The first-order valence-electron chi connectivity index (χ1n) is 11.7. The Bertz CT molecular complexity index is 772. The molecule has 1 aromatic rings. The van der Waals surface area contributed by atoms with E-state index in [1.165, 1.54) is 0 Å². The number of benzene rings is 1. The lowest BCUT2D eigenvalue weighted by Crippen LogP contribution is -2.49. The standard InChI is InChI=1S/C23H38FN7O/c1-4-29-11-13-31(14-12-29)21-6-5-18(15-20(21)24)16-27-23(26-3)28-19-7-9-30(10-8-19)17-22(32)25-2/h5-6,15,19H,4,7-14,16-17H2,1-3H3,(H,25,32)(H2,26,27,28). The Kier molecular flexibility index (Phi) is 9.11. The van der Waals surface area contributed by atoms with Gasteiger partial charge >= 0.3 is 0 Å². The molecule has 3 N–H and O–H groups in total. The summed E-state index contributed by atoms with van der Waals surface area (Å²) in [6, 6.07) is 5.82. The fraction of sp³-hybridized carbons (Fsp3) is 0.652. The third-order valence-electron chi connectivity index (χ3n) is 6.43. The molecule has 178 valence electrons. The second-order valence-electron chi connectivity index (χ2n) is 8.50. The Morgan fingerprint density at radius 1 is 1.12 bits per heavy atom. The van der Waals surface area contributed by atoms with E-state index in [4.69, 9.17) is 0 Å². The Hall–Kier alpha value is -2.39. The molecule has 0 unspecified atom stereocenters. The number of likely N-dealkylation sites (tertiary alicyclic amines) is 1. The molecule has 2 saturated heterocycles. The molecule has 2 heterocycles. The van der Waals surface area contributed by atoms with Gasteiger partial charge in [0.15, 0.2) is 5.96 Å². The summed E-state index contributed by atoms with van der Waals surface area (Å²) in [5.74, 6) is 0.603. The van der Waals surface area contributed by atoms with E-state index in [9.17, 15) is 9.18 Å². The highest BCUT2D eigenvalue weighted by Crippen LogP contribution is 2.22. The molecule has 0 spiro atoms.